The standard InChI is InChI=1S/C8H16NO2.HI/c1-5-8(10)11-7-9(3,4)6-2;/h5H,1,6-7H2,2-4H3;1H/q+1;/p-1. The van der Waals surface area contributed by atoms with Crippen molar-refractivity contribution in [2.45, 2.75) is 6.92 Å². The van der Waals surface area contributed by atoms with Gasteiger partial charge in [0, 0.05) is 6.08 Å². The van der Waals surface area contributed by atoms with Crippen molar-refractivity contribution in [1.82, 2.24) is 0 Å². The van der Waals surface area contributed by atoms with Crippen molar-refractivity contribution in [3.63, 3.8) is 0 Å². The number of nitrogens with zero attached hydrogens (tertiary/aromatic N) is 1. The molecule has 0 aliphatic rings. The third-order valence-electron chi connectivity index (χ3n) is 1.58. The minimum absolute atomic E-state index is 0. The monoisotopic (exact) mass is 285 g/mol. The van der Waals surface area contributed by atoms with E-state index in [0.29, 0.717) is 11.2 Å². The van der Waals surface area contributed by atoms with Crippen LogP contribution >= 0.6 is 0 Å². The second-order valence-electron chi connectivity index (χ2n) is 3.05. The number of carbonyl (C=O) groups is 1. The van der Waals surface area contributed by atoms with E-state index in [2.05, 4.69) is 6.58 Å². The smallest absolute Gasteiger partial charge is 0.334 e. The first kappa shape index (κ1) is 14.4. The molecule has 0 aliphatic carbocycles. The lowest BCUT2D eigenvalue weighted by Crippen LogP contribution is -3.00. The molecule has 0 heterocycles. The summed E-state index contributed by atoms with van der Waals surface area (Å²) in [5, 5.41) is 0. The third kappa shape index (κ3) is 6.60. The van der Waals surface area contributed by atoms with Gasteiger partial charge in [0.05, 0.1) is 20.6 Å². The van der Waals surface area contributed by atoms with E-state index in [1.54, 1.807) is 0 Å². The van der Waals surface area contributed by atoms with Gasteiger partial charge in [-0.1, -0.05) is 6.58 Å². The fourth-order valence-corrected chi connectivity index (χ4v) is 0.389. The van der Waals surface area contributed by atoms with E-state index in [9.17, 15) is 4.79 Å². The average Bonchev–Trinajstić information content (AvgIpc) is 2.00. The molecular formula is C8H16INO2. The molecule has 0 radical (unpaired) electrons. The Bertz CT molecular complexity index is 157. The van der Waals surface area contributed by atoms with Gasteiger partial charge in [0.15, 0.2) is 0 Å². The predicted molar refractivity (Wildman–Crippen MR) is 43.8 cm³/mol. The van der Waals surface area contributed by atoms with Crippen LogP contribution in [0.15, 0.2) is 12.7 Å². The number of carbonyl (C=O) groups excluding carboxylic acids is 1. The fourth-order valence-electron chi connectivity index (χ4n) is 0.389. The van der Waals surface area contributed by atoms with Gasteiger partial charge in [0.25, 0.3) is 0 Å². The molecule has 0 rings (SSSR count). The SMILES string of the molecule is C=CC(=O)OC[N+](C)(C)CC.[I-]. The normalized spacial score (nSPS) is 9.92. The highest BCUT2D eigenvalue weighted by Gasteiger charge is 2.12. The first-order valence-corrected chi connectivity index (χ1v) is 3.63. The number of quaternary nitrogens is 1. The Morgan fingerprint density at radius 2 is 2.08 bits per heavy atom. The molecule has 12 heavy (non-hydrogen) atoms. The minimum Gasteiger partial charge on any atom is -1.00 e. The summed E-state index contributed by atoms with van der Waals surface area (Å²) in [7, 11) is 3.99. The summed E-state index contributed by atoms with van der Waals surface area (Å²) in [4.78, 5) is 10.6. The van der Waals surface area contributed by atoms with Crippen LogP contribution in [0.25, 0.3) is 0 Å². The maximum Gasteiger partial charge on any atom is 0.334 e. The molecule has 0 amide bonds. The molecule has 0 atom stereocenters. The van der Waals surface area contributed by atoms with E-state index in [-0.39, 0.29) is 29.9 Å². The van der Waals surface area contributed by atoms with Gasteiger partial charge >= 0.3 is 5.97 Å². The van der Waals surface area contributed by atoms with Crippen LogP contribution in [0.2, 0.25) is 0 Å². The van der Waals surface area contributed by atoms with Crippen molar-refractivity contribution in [3.8, 4) is 0 Å². The molecule has 0 unspecified atom stereocenters. The quantitative estimate of drug-likeness (QED) is 0.192. The highest BCUT2D eigenvalue weighted by Crippen LogP contribution is 1.95. The van der Waals surface area contributed by atoms with Crippen LogP contribution in [-0.2, 0) is 9.53 Å². The molecule has 0 saturated carbocycles. The molecule has 0 saturated heterocycles. The molecule has 0 aliphatic heterocycles. The number of hydrogen-bond donors (Lipinski definition) is 0. The van der Waals surface area contributed by atoms with Crippen LogP contribution in [0.4, 0.5) is 0 Å². The maximum absolute atomic E-state index is 10.6. The minimum atomic E-state index is -0.357. The first-order valence-electron chi connectivity index (χ1n) is 3.63. The summed E-state index contributed by atoms with van der Waals surface area (Å²) in [6.45, 7) is 6.69. The largest absolute Gasteiger partial charge is 1.00 e. The van der Waals surface area contributed by atoms with Gasteiger partial charge in [0.1, 0.15) is 0 Å². The summed E-state index contributed by atoms with van der Waals surface area (Å²) in [5.74, 6) is -0.357. The van der Waals surface area contributed by atoms with Crippen LogP contribution in [0.5, 0.6) is 0 Å². The molecule has 0 N–H and O–H groups in total. The summed E-state index contributed by atoms with van der Waals surface area (Å²) in [6.07, 6.45) is 1.18. The Kier molecular flexibility index (Phi) is 7.72. The van der Waals surface area contributed by atoms with Crippen molar-refractivity contribution in [2.24, 2.45) is 0 Å². The Morgan fingerprint density at radius 3 is 2.42 bits per heavy atom. The highest BCUT2D eigenvalue weighted by molar-refractivity contribution is 5.81. The molecule has 0 aromatic rings. The molecule has 4 heteroatoms. The lowest BCUT2D eigenvalue weighted by molar-refractivity contribution is -0.905. The molecule has 0 spiro atoms. The van der Waals surface area contributed by atoms with E-state index >= 15 is 0 Å². The Labute approximate surface area is 91.0 Å². The molecule has 72 valence electrons. The maximum atomic E-state index is 10.6. The summed E-state index contributed by atoms with van der Waals surface area (Å²) >= 11 is 0. The van der Waals surface area contributed by atoms with Gasteiger partial charge in [-0.15, -0.1) is 0 Å². The van der Waals surface area contributed by atoms with Gasteiger partial charge in [-0.2, -0.15) is 0 Å². The average molecular weight is 285 g/mol. The lowest BCUT2D eigenvalue weighted by atomic mass is 10.5. The van der Waals surface area contributed by atoms with Crippen LogP contribution in [-0.4, -0.2) is 37.8 Å². The van der Waals surface area contributed by atoms with E-state index in [4.69, 9.17) is 4.74 Å². The van der Waals surface area contributed by atoms with Crippen LogP contribution in [0.3, 0.4) is 0 Å². The molecule has 0 fully saturated rings. The third-order valence-corrected chi connectivity index (χ3v) is 1.58. The van der Waals surface area contributed by atoms with Gasteiger partial charge < -0.3 is 28.7 Å². The van der Waals surface area contributed by atoms with E-state index in [0.717, 1.165) is 6.54 Å². The molecular weight excluding hydrogens is 269 g/mol. The Balaban J connectivity index is 0. The zero-order valence-corrected chi connectivity index (χ0v) is 10.00. The van der Waals surface area contributed by atoms with Gasteiger partial charge in [-0.25, -0.2) is 4.79 Å². The molecule has 0 bridgehead atoms. The number of ether oxygens (including phenoxy) is 1. The van der Waals surface area contributed by atoms with E-state index < -0.39 is 0 Å². The van der Waals surface area contributed by atoms with Crippen LogP contribution in [0.1, 0.15) is 6.92 Å². The summed E-state index contributed by atoms with van der Waals surface area (Å²) in [5.41, 5.74) is 0. The van der Waals surface area contributed by atoms with Gasteiger partial charge in [0.2, 0.25) is 6.73 Å². The Hall–Kier alpha value is -0.100. The second-order valence-corrected chi connectivity index (χ2v) is 3.05. The predicted octanol–water partition coefficient (Wildman–Crippen LogP) is -2.23. The van der Waals surface area contributed by atoms with Crippen molar-refractivity contribution >= 4 is 5.97 Å². The number of esters is 1. The number of rotatable bonds is 4. The highest BCUT2D eigenvalue weighted by atomic mass is 127. The molecule has 3 nitrogen and oxygen atoms in total. The van der Waals surface area contributed by atoms with Gasteiger partial charge in [-0.05, 0) is 6.92 Å². The lowest BCUT2D eigenvalue weighted by Gasteiger charge is -2.26. The van der Waals surface area contributed by atoms with E-state index in [1.165, 1.54) is 6.08 Å². The second kappa shape index (κ2) is 6.42. The first-order chi connectivity index (χ1) is 5.02. The van der Waals surface area contributed by atoms with Crippen LogP contribution < -0.4 is 24.0 Å². The molecule has 0 aromatic heterocycles. The molecule has 0 aromatic carbocycles. The van der Waals surface area contributed by atoms with Gasteiger partial charge in [-0.3, -0.25) is 4.48 Å². The van der Waals surface area contributed by atoms with Crippen LogP contribution in [0, 0.1) is 0 Å². The van der Waals surface area contributed by atoms with Crippen molar-refractivity contribution in [1.29, 1.82) is 0 Å². The zero-order chi connectivity index (χ0) is 8.91. The van der Waals surface area contributed by atoms with E-state index in [1.807, 2.05) is 21.0 Å². The van der Waals surface area contributed by atoms with Crippen molar-refractivity contribution in [3.05, 3.63) is 12.7 Å². The fraction of sp³-hybridized carbons (Fsp3) is 0.625. The number of halogens is 1. The Morgan fingerprint density at radius 1 is 1.58 bits per heavy atom. The summed E-state index contributed by atoms with van der Waals surface area (Å²) < 4.78 is 5.54. The van der Waals surface area contributed by atoms with Crippen molar-refractivity contribution < 1.29 is 38.0 Å². The topological polar surface area (TPSA) is 26.3 Å². The summed E-state index contributed by atoms with van der Waals surface area (Å²) in [6, 6.07) is 0. The zero-order valence-electron chi connectivity index (χ0n) is 7.84. The van der Waals surface area contributed by atoms with Crippen molar-refractivity contribution in [2.75, 3.05) is 27.4 Å². The number of hydrogen-bond acceptors (Lipinski definition) is 2.